The van der Waals surface area contributed by atoms with Crippen LogP contribution in [0.3, 0.4) is 0 Å². The zero-order valence-corrected chi connectivity index (χ0v) is 16.6. The second-order valence-corrected chi connectivity index (χ2v) is 6.44. The molecule has 0 aliphatic carbocycles. The summed E-state index contributed by atoms with van der Waals surface area (Å²) in [5.74, 6) is -0.497. The SMILES string of the molecule is CN/C=C(\C=N)c1ccnc(NCc2cnc(-c3ccnc(C)c3)c(C#N)c2)c1F. The molecule has 3 N–H and O–H groups in total. The Bertz CT molecular complexity index is 1150. The molecule has 0 saturated carbocycles. The fourth-order valence-electron chi connectivity index (χ4n) is 2.94. The van der Waals surface area contributed by atoms with E-state index < -0.39 is 5.82 Å². The standard InChI is InChI=1S/C22H20FN7/c1-14-7-16(3-5-27-14)21-17(9-24)8-15(11-29-21)12-30-22-20(23)19(4-6-28-22)18(10-25)13-26-2/h3-8,10-11,13,25-26H,12H2,1-2H3,(H,28,30)/b18-13+,25-10?. The predicted octanol–water partition coefficient (Wildman–Crippen LogP) is 3.68. The van der Waals surface area contributed by atoms with Crippen LogP contribution >= 0.6 is 0 Å². The smallest absolute Gasteiger partial charge is 0.173 e. The molecule has 7 nitrogen and oxygen atoms in total. The van der Waals surface area contributed by atoms with Crippen molar-refractivity contribution in [2.75, 3.05) is 12.4 Å². The number of nitrogens with one attached hydrogen (secondary N) is 3. The van der Waals surface area contributed by atoms with Gasteiger partial charge >= 0.3 is 0 Å². The topological polar surface area (TPSA) is 110 Å². The molecule has 0 saturated heterocycles. The van der Waals surface area contributed by atoms with Crippen LogP contribution in [-0.4, -0.2) is 28.2 Å². The van der Waals surface area contributed by atoms with E-state index in [1.165, 1.54) is 18.5 Å². The normalized spacial score (nSPS) is 10.9. The molecule has 3 heterocycles. The van der Waals surface area contributed by atoms with Gasteiger partial charge in [-0.2, -0.15) is 5.26 Å². The van der Waals surface area contributed by atoms with Gasteiger partial charge in [0.2, 0.25) is 0 Å². The van der Waals surface area contributed by atoms with Gasteiger partial charge in [0.05, 0.1) is 11.3 Å². The van der Waals surface area contributed by atoms with E-state index in [0.29, 0.717) is 22.4 Å². The number of aromatic nitrogens is 3. The number of allylic oxidation sites excluding steroid dienone is 1. The summed E-state index contributed by atoms with van der Waals surface area (Å²) < 4.78 is 14.8. The number of hydrogen-bond donors (Lipinski definition) is 3. The molecule has 8 heteroatoms. The zero-order chi connectivity index (χ0) is 21.5. The van der Waals surface area contributed by atoms with E-state index in [4.69, 9.17) is 5.41 Å². The Balaban J connectivity index is 1.84. The van der Waals surface area contributed by atoms with Crippen LogP contribution in [0.4, 0.5) is 10.2 Å². The molecule has 0 radical (unpaired) electrons. The van der Waals surface area contributed by atoms with Gasteiger partial charge in [0.15, 0.2) is 11.6 Å². The fourth-order valence-corrected chi connectivity index (χ4v) is 2.94. The molecule has 30 heavy (non-hydrogen) atoms. The Kier molecular flexibility index (Phi) is 6.45. The minimum absolute atomic E-state index is 0.0590. The van der Waals surface area contributed by atoms with E-state index in [-0.39, 0.29) is 17.9 Å². The van der Waals surface area contributed by atoms with Gasteiger partial charge in [0.1, 0.15) is 6.07 Å². The summed E-state index contributed by atoms with van der Waals surface area (Å²) in [4.78, 5) is 12.6. The number of hydrogen-bond acceptors (Lipinski definition) is 7. The molecule has 0 aromatic carbocycles. The molecule has 0 amide bonds. The predicted molar refractivity (Wildman–Crippen MR) is 114 cm³/mol. The summed E-state index contributed by atoms with van der Waals surface area (Å²) in [5, 5.41) is 22.8. The van der Waals surface area contributed by atoms with Gasteiger partial charge < -0.3 is 16.0 Å². The molecule has 3 aromatic heterocycles. The average Bonchev–Trinajstić information content (AvgIpc) is 2.77. The largest absolute Gasteiger partial charge is 0.393 e. The van der Waals surface area contributed by atoms with Gasteiger partial charge in [0, 0.05) is 67.0 Å². The first-order chi connectivity index (χ1) is 14.6. The fraction of sp³-hybridized carbons (Fsp3) is 0.136. The van der Waals surface area contributed by atoms with Crippen molar-refractivity contribution in [3.63, 3.8) is 0 Å². The van der Waals surface area contributed by atoms with Crippen molar-refractivity contribution in [2.45, 2.75) is 13.5 Å². The molecule has 0 aliphatic rings. The molecule has 3 aromatic rings. The van der Waals surface area contributed by atoms with Crippen LogP contribution in [0.25, 0.3) is 16.8 Å². The molecular weight excluding hydrogens is 381 g/mol. The Hall–Kier alpha value is -4.12. The Morgan fingerprint density at radius 3 is 2.73 bits per heavy atom. The molecule has 0 atom stereocenters. The minimum Gasteiger partial charge on any atom is -0.393 e. The van der Waals surface area contributed by atoms with Gasteiger partial charge in [-0.25, -0.2) is 9.37 Å². The third-order valence-electron chi connectivity index (χ3n) is 4.35. The van der Waals surface area contributed by atoms with E-state index in [2.05, 4.69) is 31.7 Å². The lowest BCUT2D eigenvalue weighted by molar-refractivity contribution is 0.621. The second-order valence-electron chi connectivity index (χ2n) is 6.44. The van der Waals surface area contributed by atoms with Crippen LogP contribution in [0, 0.1) is 29.5 Å². The molecule has 3 rings (SSSR count). The van der Waals surface area contributed by atoms with Crippen LogP contribution < -0.4 is 10.6 Å². The van der Waals surface area contributed by atoms with Gasteiger partial charge in [-0.15, -0.1) is 0 Å². The molecule has 0 aliphatic heterocycles. The Labute approximate surface area is 173 Å². The Morgan fingerprint density at radius 1 is 1.23 bits per heavy atom. The summed E-state index contributed by atoms with van der Waals surface area (Å²) in [6, 6.07) is 9.07. The van der Waals surface area contributed by atoms with Crippen molar-refractivity contribution in [2.24, 2.45) is 0 Å². The van der Waals surface area contributed by atoms with Crippen LogP contribution in [0.1, 0.15) is 22.4 Å². The summed E-state index contributed by atoms with van der Waals surface area (Å²) in [6.07, 6.45) is 7.40. The van der Waals surface area contributed by atoms with Crippen molar-refractivity contribution >= 4 is 17.6 Å². The molecule has 0 unspecified atom stereocenters. The van der Waals surface area contributed by atoms with Crippen molar-refractivity contribution in [3.8, 4) is 17.3 Å². The number of aryl methyl sites for hydroxylation is 1. The number of nitriles is 1. The number of halogens is 1. The van der Waals surface area contributed by atoms with Gasteiger partial charge in [0.25, 0.3) is 0 Å². The molecule has 150 valence electrons. The van der Waals surface area contributed by atoms with Crippen molar-refractivity contribution in [1.82, 2.24) is 20.3 Å². The monoisotopic (exact) mass is 401 g/mol. The number of rotatable bonds is 7. The first-order valence-corrected chi connectivity index (χ1v) is 9.16. The second kappa shape index (κ2) is 9.39. The lowest BCUT2D eigenvalue weighted by Gasteiger charge is -2.11. The summed E-state index contributed by atoms with van der Waals surface area (Å²) in [5.41, 5.74) is 4.01. The lowest BCUT2D eigenvalue weighted by atomic mass is 10.1. The molecule has 0 fully saturated rings. The summed E-state index contributed by atoms with van der Waals surface area (Å²) in [6.45, 7) is 2.11. The van der Waals surface area contributed by atoms with Crippen molar-refractivity contribution in [3.05, 3.63) is 77.3 Å². The minimum atomic E-state index is -0.556. The first-order valence-electron chi connectivity index (χ1n) is 9.16. The maximum Gasteiger partial charge on any atom is 0.173 e. The quantitative estimate of drug-likeness (QED) is 0.521. The highest BCUT2D eigenvalue weighted by Crippen LogP contribution is 2.24. The summed E-state index contributed by atoms with van der Waals surface area (Å²) in [7, 11) is 1.68. The number of anilines is 1. The van der Waals surface area contributed by atoms with Crippen LogP contribution in [0.15, 0.2) is 49.1 Å². The van der Waals surface area contributed by atoms with Gasteiger partial charge in [-0.3, -0.25) is 9.97 Å². The third-order valence-corrected chi connectivity index (χ3v) is 4.35. The van der Waals surface area contributed by atoms with Crippen molar-refractivity contribution in [1.29, 1.82) is 10.7 Å². The number of nitrogens with zero attached hydrogens (tertiary/aromatic N) is 4. The maximum atomic E-state index is 14.8. The first kappa shape index (κ1) is 20.6. The summed E-state index contributed by atoms with van der Waals surface area (Å²) >= 11 is 0. The van der Waals surface area contributed by atoms with E-state index in [9.17, 15) is 9.65 Å². The third kappa shape index (κ3) is 4.47. The van der Waals surface area contributed by atoms with Crippen LogP contribution in [0.2, 0.25) is 0 Å². The highest BCUT2D eigenvalue weighted by Gasteiger charge is 2.13. The van der Waals surface area contributed by atoms with E-state index in [0.717, 1.165) is 17.5 Å². The Morgan fingerprint density at radius 2 is 2.03 bits per heavy atom. The van der Waals surface area contributed by atoms with Crippen molar-refractivity contribution < 1.29 is 4.39 Å². The van der Waals surface area contributed by atoms with E-state index in [1.807, 2.05) is 13.0 Å². The molecule has 0 spiro atoms. The maximum absolute atomic E-state index is 14.8. The molecule has 0 bridgehead atoms. The van der Waals surface area contributed by atoms with Crippen LogP contribution in [-0.2, 0) is 6.54 Å². The number of pyridine rings is 3. The average molecular weight is 401 g/mol. The van der Waals surface area contributed by atoms with Gasteiger partial charge in [-0.1, -0.05) is 0 Å². The molecular formula is C22H20FN7. The lowest BCUT2D eigenvalue weighted by Crippen LogP contribution is -2.07. The highest BCUT2D eigenvalue weighted by atomic mass is 19.1. The zero-order valence-electron chi connectivity index (χ0n) is 16.6. The van der Waals surface area contributed by atoms with Gasteiger partial charge in [-0.05, 0) is 36.8 Å². The highest BCUT2D eigenvalue weighted by molar-refractivity contribution is 6.08. The van der Waals surface area contributed by atoms with E-state index in [1.54, 1.807) is 31.6 Å². The van der Waals surface area contributed by atoms with E-state index >= 15 is 0 Å². The van der Waals surface area contributed by atoms with Crippen LogP contribution in [0.5, 0.6) is 0 Å².